The maximum Gasteiger partial charge on any atom is 0.224 e. The van der Waals surface area contributed by atoms with Crippen LogP contribution in [-0.4, -0.2) is 23.1 Å². The Kier molecular flexibility index (Phi) is 5.89. The minimum absolute atomic E-state index is 0.446. The molecule has 0 saturated carbocycles. The summed E-state index contributed by atoms with van der Waals surface area (Å²) >= 11 is 0. The lowest BCUT2D eigenvalue weighted by Crippen LogP contribution is -2.17. The highest BCUT2D eigenvalue weighted by molar-refractivity contribution is 5.46. The van der Waals surface area contributed by atoms with Crippen LogP contribution in [0.5, 0.6) is 0 Å². The fourth-order valence-electron chi connectivity index (χ4n) is 1.85. The molecule has 0 aliphatic carbocycles. The van der Waals surface area contributed by atoms with Crippen molar-refractivity contribution in [2.75, 3.05) is 17.7 Å². The molecule has 0 fully saturated rings. The quantitative estimate of drug-likeness (QED) is 0.778. The highest BCUT2D eigenvalue weighted by Crippen LogP contribution is 2.16. The van der Waals surface area contributed by atoms with E-state index in [9.17, 15) is 0 Å². The van der Waals surface area contributed by atoms with Gasteiger partial charge in [-0.2, -0.15) is 4.98 Å². The summed E-state index contributed by atoms with van der Waals surface area (Å²) < 4.78 is 0. The minimum atomic E-state index is 0.446. The first-order valence-electron chi connectivity index (χ1n) is 6.80. The highest BCUT2D eigenvalue weighted by Gasteiger charge is 2.07. The lowest BCUT2D eigenvalue weighted by atomic mass is 10.0. The molecule has 102 valence electrons. The van der Waals surface area contributed by atoms with Gasteiger partial charge in [-0.3, -0.25) is 0 Å². The first-order valence-corrected chi connectivity index (χ1v) is 6.80. The highest BCUT2D eigenvalue weighted by atomic mass is 15.1. The third kappa shape index (κ3) is 4.90. The zero-order valence-corrected chi connectivity index (χ0v) is 12.2. The fraction of sp³-hybridized carbons (Fsp3) is 0.714. The normalized spacial score (nSPS) is 12.6. The van der Waals surface area contributed by atoms with Crippen molar-refractivity contribution in [1.82, 2.24) is 9.97 Å². The number of aryl methyl sites for hydroxylation is 1. The molecule has 0 radical (unpaired) electrons. The molecule has 1 aromatic heterocycles. The molecule has 1 atom stereocenters. The minimum Gasteiger partial charge on any atom is -0.367 e. The number of anilines is 2. The van der Waals surface area contributed by atoms with Crippen molar-refractivity contribution in [3.8, 4) is 0 Å². The summed E-state index contributed by atoms with van der Waals surface area (Å²) in [5.74, 6) is 2.39. The summed E-state index contributed by atoms with van der Waals surface area (Å²) in [4.78, 5) is 8.63. The second kappa shape index (κ2) is 7.19. The summed E-state index contributed by atoms with van der Waals surface area (Å²) in [6, 6.07) is 0.446. The summed E-state index contributed by atoms with van der Waals surface area (Å²) in [6.45, 7) is 8.78. The average Bonchev–Trinajstić information content (AvgIpc) is 2.31. The molecule has 1 rings (SSSR count). The number of nitrogens with one attached hydrogen (secondary N) is 2. The van der Waals surface area contributed by atoms with E-state index in [1.807, 2.05) is 20.2 Å². The van der Waals surface area contributed by atoms with E-state index < -0.39 is 0 Å². The van der Waals surface area contributed by atoms with Gasteiger partial charge in [-0.05, 0) is 26.2 Å². The number of hydrogen-bond acceptors (Lipinski definition) is 4. The van der Waals surface area contributed by atoms with Gasteiger partial charge in [-0.1, -0.05) is 26.7 Å². The Hall–Kier alpha value is -1.32. The van der Waals surface area contributed by atoms with Gasteiger partial charge in [0.15, 0.2) is 0 Å². The Morgan fingerprint density at radius 2 is 1.94 bits per heavy atom. The number of hydrogen-bond donors (Lipinski definition) is 2. The van der Waals surface area contributed by atoms with Crippen molar-refractivity contribution >= 4 is 11.8 Å². The zero-order valence-electron chi connectivity index (χ0n) is 12.2. The van der Waals surface area contributed by atoms with E-state index in [1.54, 1.807) is 0 Å². The van der Waals surface area contributed by atoms with Gasteiger partial charge >= 0.3 is 0 Å². The third-order valence-electron chi connectivity index (χ3n) is 3.00. The molecule has 4 nitrogen and oxygen atoms in total. The number of rotatable bonds is 7. The predicted molar refractivity (Wildman–Crippen MR) is 78.1 cm³/mol. The van der Waals surface area contributed by atoms with Crippen molar-refractivity contribution in [3.05, 3.63) is 11.8 Å². The first-order chi connectivity index (χ1) is 8.52. The molecule has 0 spiro atoms. The largest absolute Gasteiger partial charge is 0.367 e. The Bertz CT molecular complexity index is 363. The molecular formula is C14H26N4. The van der Waals surface area contributed by atoms with Gasteiger partial charge < -0.3 is 10.6 Å². The molecule has 1 heterocycles. The maximum atomic E-state index is 4.44. The van der Waals surface area contributed by atoms with Crippen LogP contribution in [0, 0.1) is 12.8 Å². The molecule has 0 aliphatic rings. The van der Waals surface area contributed by atoms with Gasteiger partial charge in [-0.15, -0.1) is 0 Å². The third-order valence-corrected chi connectivity index (χ3v) is 3.00. The SMILES string of the molecule is CNc1ncc(C)c(NC(C)CCCC(C)C)n1. The van der Waals surface area contributed by atoms with Gasteiger partial charge in [0.25, 0.3) is 0 Å². The standard InChI is InChI=1S/C14H26N4/c1-10(2)7-6-8-12(4)17-13-11(3)9-16-14(15-5)18-13/h9-10,12H,6-8H2,1-5H3,(H2,15,16,17,18). The van der Waals surface area contributed by atoms with Crippen LogP contribution < -0.4 is 10.6 Å². The van der Waals surface area contributed by atoms with Crippen LogP contribution in [0.4, 0.5) is 11.8 Å². The smallest absolute Gasteiger partial charge is 0.224 e. The van der Waals surface area contributed by atoms with Crippen LogP contribution >= 0.6 is 0 Å². The van der Waals surface area contributed by atoms with E-state index in [2.05, 4.69) is 41.4 Å². The van der Waals surface area contributed by atoms with E-state index in [0.29, 0.717) is 12.0 Å². The van der Waals surface area contributed by atoms with Gasteiger partial charge in [-0.25, -0.2) is 4.98 Å². The summed E-state index contributed by atoms with van der Waals surface area (Å²) in [6.07, 6.45) is 5.57. The van der Waals surface area contributed by atoms with Gasteiger partial charge in [0.2, 0.25) is 5.95 Å². The molecule has 18 heavy (non-hydrogen) atoms. The number of aromatic nitrogens is 2. The van der Waals surface area contributed by atoms with Crippen molar-refractivity contribution < 1.29 is 0 Å². The second-order valence-electron chi connectivity index (χ2n) is 5.35. The topological polar surface area (TPSA) is 49.8 Å². The molecule has 0 amide bonds. The molecule has 1 unspecified atom stereocenters. The monoisotopic (exact) mass is 250 g/mol. The van der Waals surface area contributed by atoms with Gasteiger partial charge in [0.05, 0.1) is 0 Å². The molecular weight excluding hydrogens is 224 g/mol. The van der Waals surface area contributed by atoms with Crippen molar-refractivity contribution in [1.29, 1.82) is 0 Å². The van der Waals surface area contributed by atoms with Crippen LogP contribution in [0.15, 0.2) is 6.20 Å². The van der Waals surface area contributed by atoms with Crippen molar-refractivity contribution in [2.24, 2.45) is 5.92 Å². The van der Waals surface area contributed by atoms with Crippen LogP contribution in [0.1, 0.15) is 45.6 Å². The molecule has 1 aromatic rings. The molecule has 0 bridgehead atoms. The summed E-state index contributed by atoms with van der Waals surface area (Å²) in [7, 11) is 1.83. The van der Waals surface area contributed by atoms with E-state index in [-0.39, 0.29) is 0 Å². The van der Waals surface area contributed by atoms with Crippen molar-refractivity contribution in [3.63, 3.8) is 0 Å². The molecule has 2 N–H and O–H groups in total. The van der Waals surface area contributed by atoms with E-state index in [1.165, 1.54) is 19.3 Å². The molecule has 0 aromatic carbocycles. The molecule has 0 aliphatic heterocycles. The van der Waals surface area contributed by atoms with E-state index >= 15 is 0 Å². The lowest BCUT2D eigenvalue weighted by molar-refractivity contribution is 0.520. The number of nitrogens with zero attached hydrogens (tertiary/aromatic N) is 2. The van der Waals surface area contributed by atoms with Crippen LogP contribution in [0.25, 0.3) is 0 Å². The van der Waals surface area contributed by atoms with Gasteiger partial charge in [0, 0.05) is 24.8 Å². The lowest BCUT2D eigenvalue weighted by Gasteiger charge is -2.17. The van der Waals surface area contributed by atoms with E-state index in [4.69, 9.17) is 0 Å². The van der Waals surface area contributed by atoms with Crippen LogP contribution in [0.2, 0.25) is 0 Å². The summed E-state index contributed by atoms with van der Waals surface area (Å²) in [5, 5.41) is 6.43. The zero-order chi connectivity index (χ0) is 13.5. The van der Waals surface area contributed by atoms with Crippen LogP contribution in [-0.2, 0) is 0 Å². The average molecular weight is 250 g/mol. The fourth-order valence-corrected chi connectivity index (χ4v) is 1.85. The Morgan fingerprint density at radius 3 is 2.56 bits per heavy atom. The first kappa shape index (κ1) is 14.7. The Balaban J connectivity index is 2.50. The van der Waals surface area contributed by atoms with Crippen molar-refractivity contribution in [2.45, 2.75) is 53.0 Å². The van der Waals surface area contributed by atoms with Crippen LogP contribution in [0.3, 0.4) is 0 Å². The second-order valence-corrected chi connectivity index (χ2v) is 5.35. The summed E-state index contributed by atoms with van der Waals surface area (Å²) in [5.41, 5.74) is 1.09. The molecule has 0 saturated heterocycles. The Labute approximate surface area is 111 Å². The predicted octanol–water partition coefficient (Wildman–Crippen LogP) is 3.45. The Morgan fingerprint density at radius 1 is 1.22 bits per heavy atom. The van der Waals surface area contributed by atoms with E-state index in [0.717, 1.165) is 17.3 Å². The van der Waals surface area contributed by atoms with Gasteiger partial charge in [0.1, 0.15) is 5.82 Å². The maximum absolute atomic E-state index is 4.44. The molecule has 4 heteroatoms.